The van der Waals surface area contributed by atoms with Gasteiger partial charge in [0.15, 0.2) is 0 Å². The molecule has 2 saturated carbocycles. The van der Waals surface area contributed by atoms with E-state index in [2.05, 4.69) is 19.9 Å². The third-order valence-corrected chi connectivity index (χ3v) is 5.90. The van der Waals surface area contributed by atoms with E-state index < -0.39 is 0 Å². The summed E-state index contributed by atoms with van der Waals surface area (Å²) in [6.45, 7) is 4.59. The number of hydrogen-bond donors (Lipinski definition) is 0. The second-order valence-electron chi connectivity index (χ2n) is 7.86. The number of allylic oxidation sites excluding steroid dienone is 1. The maximum Gasteiger partial charge on any atom is 0.0840 e. The maximum atomic E-state index is 6.47. The highest BCUT2D eigenvalue weighted by Crippen LogP contribution is 2.43. The van der Waals surface area contributed by atoms with Crippen LogP contribution in [0.15, 0.2) is 11.6 Å². The second kappa shape index (κ2) is 6.22. The highest BCUT2D eigenvalue weighted by molar-refractivity contribution is 5.21. The van der Waals surface area contributed by atoms with Crippen LogP contribution in [0.4, 0.5) is 0 Å². The molecular weight excluding hydrogens is 244 g/mol. The van der Waals surface area contributed by atoms with Crippen LogP contribution in [0.3, 0.4) is 0 Å². The average molecular weight is 276 g/mol. The number of ether oxygens (including phenoxy) is 1. The smallest absolute Gasteiger partial charge is 0.0840 e. The Hall–Kier alpha value is -0.300. The first kappa shape index (κ1) is 14.6. The van der Waals surface area contributed by atoms with E-state index in [-0.39, 0.29) is 5.60 Å². The molecule has 1 atom stereocenters. The Morgan fingerprint density at radius 1 is 0.900 bits per heavy atom. The van der Waals surface area contributed by atoms with Crippen LogP contribution in [-0.2, 0) is 4.74 Å². The minimum atomic E-state index is -0.000436. The molecule has 1 heteroatoms. The number of rotatable bonds is 2. The molecule has 0 aromatic heterocycles. The van der Waals surface area contributed by atoms with Crippen molar-refractivity contribution in [3.05, 3.63) is 11.6 Å². The third kappa shape index (κ3) is 3.30. The standard InChI is InChI=1S/C19H32O/c1-19(2)17(13-15-9-5-3-6-10-15)14-18(20-19)16-11-7-4-8-12-16/h13,15-16,18H,3-12,14H2,1-2H3/b17-13+. The Morgan fingerprint density at radius 3 is 2.15 bits per heavy atom. The van der Waals surface area contributed by atoms with Crippen molar-refractivity contribution in [2.45, 2.75) is 96.2 Å². The molecule has 1 saturated heterocycles. The minimum Gasteiger partial charge on any atom is -0.367 e. The molecule has 0 aromatic carbocycles. The van der Waals surface area contributed by atoms with Crippen molar-refractivity contribution in [2.75, 3.05) is 0 Å². The van der Waals surface area contributed by atoms with E-state index in [0.717, 1.165) is 11.8 Å². The van der Waals surface area contributed by atoms with Gasteiger partial charge >= 0.3 is 0 Å². The van der Waals surface area contributed by atoms with Crippen molar-refractivity contribution in [3.63, 3.8) is 0 Å². The zero-order valence-corrected chi connectivity index (χ0v) is 13.5. The topological polar surface area (TPSA) is 9.23 Å². The average Bonchev–Trinajstić information content (AvgIpc) is 2.76. The van der Waals surface area contributed by atoms with E-state index in [1.807, 2.05) is 0 Å². The summed E-state index contributed by atoms with van der Waals surface area (Å²) in [6.07, 6.45) is 18.6. The Morgan fingerprint density at radius 2 is 1.50 bits per heavy atom. The van der Waals surface area contributed by atoms with Gasteiger partial charge in [-0.05, 0) is 63.4 Å². The maximum absolute atomic E-state index is 6.47. The molecule has 2 aliphatic carbocycles. The van der Waals surface area contributed by atoms with Crippen molar-refractivity contribution in [2.24, 2.45) is 11.8 Å². The van der Waals surface area contributed by atoms with Gasteiger partial charge in [0.2, 0.25) is 0 Å². The highest BCUT2D eigenvalue weighted by atomic mass is 16.5. The van der Waals surface area contributed by atoms with Crippen LogP contribution in [0, 0.1) is 11.8 Å². The predicted octanol–water partition coefficient (Wildman–Crippen LogP) is 5.64. The predicted molar refractivity (Wildman–Crippen MR) is 84.8 cm³/mol. The fraction of sp³-hybridized carbons (Fsp3) is 0.895. The first-order chi connectivity index (χ1) is 9.65. The van der Waals surface area contributed by atoms with E-state index >= 15 is 0 Å². The lowest BCUT2D eigenvalue weighted by Gasteiger charge is -2.28. The molecule has 0 spiro atoms. The van der Waals surface area contributed by atoms with Crippen molar-refractivity contribution >= 4 is 0 Å². The lowest BCUT2D eigenvalue weighted by molar-refractivity contribution is -0.0391. The van der Waals surface area contributed by atoms with E-state index in [4.69, 9.17) is 4.74 Å². The van der Waals surface area contributed by atoms with Crippen LogP contribution in [0.5, 0.6) is 0 Å². The van der Waals surface area contributed by atoms with Crippen molar-refractivity contribution in [3.8, 4) is 0 Å². The molecule has 0 aromatic rings. The normalized spacial score (nSPS) is 34.7. The van der Waals surface area contributed by atoms with Gasteiger partial charge in [-0.3, -0.25) is 0 Å². The fourth-order valence-corrected chi connectivity index (χ4v) is 4.58. The molecule has 1 heterocycles. The monoisotopic (exact) mass is 276 g/mol. The quantitative estimate of drug-likeness (QED) is 0.593. The lowest BCUT2D eigenvalue weighted by atomic mass is 9.81. The molecule has 0 N–H and O–H groups in total. The van der Waals surface area contributed by atoms with Gasteiger partial charge in [-0.1, -0.05) is 44.6 Å². The van der Waals surface area contributed by atoms with Gasteiger partial charge < -0.3 is 4.74 Å². The molecule has 20 heavy (non-hydrogen) atoms. The van der Waals surface area contributed by atoms with Gasteiger partial charge in [0, 0.05) is 0 Å². The van der Waals surface area contributed by atoms with Gasteiger partial charge in [-0.25, -0.2) is 0 Å². The highest BCUT2D eigenvalue weighted by Gasteiger charge is 2.40. The summed E-state index contributed by atoms with van der Waals surface area (Å²) in [5, 5.41) is 0. The third-order valence-electron chi connectivity index (χ3n) is 5.90. The Kier molecular flexibility index (Phi) is 4.55. The molecule has 114 valence electrons. The SMILES string of the molecule is CC1(C)OC(C2CCCCC2)C/C1=C\C1CCCCC1. The summed E-state index contributed by atoms with van der Waals surface area (Å²) in [7, 11) is 0. The van der Waals surface area contributed by atoms with Crippen LogP contribution < -0.4 is 0 Å². The van der Waals surface area contributed by atoms with Crippen LogP contribution in [0.1, 0.15) is 84.5 Å². The van der Waals surface area contributed by atoms with Gasteiger partial charge in [0.05, 0.1) is 11.7 Å². The van der Waals surface area contributed by atoms with Crippen molar-refractivity contribution in [1.29, 1.82) is 0 Å². The summed E-state index contributed by atoms with van der Waals surface area (Å²) in [5.41, 5.74) is 1.61. The van der Waals surface area contributed by atoms with Crippen molar-refractivity contribution < 1.29 is 4.74 Å². The first-order valence-electron chi connectivity index (χ1n) is 9.04. The Balaban J connectivity index is 1.66. The van der Waals surface area contributed by atoms with Crippen LogP contribution in [-0.4, -0.2) is 11.7 Å². The summed E-state index contributed by atoms with van der Waals surface area (Å²) in [4.78, 5) is 0. The first-order valence-corrected chi connectivity index (χ1v) is 9.04. The summed E-state index contributed by atoms with van der Waals surface area (Å²) >= 11 is 0. The minimum absolute atomic E-state index is 0.000436. The molecule has 1 aliphatic heterocycles. The van der Waals surface area contributed by atoms with Crippen LogP contribution in [0.2, 0.25) is 0 Å². The van der Waals surface area contributed by atoms with E-state index in [9.17, 15) is 0 Å². The van der Waals surface area contributed by atoms with Gasteiger partial charge in [-0.15, -0.1) is 0 Å². The molecule has 3 rings (SSSR count). The zero-order valence-electron chi connectivity index (χ0n) is 13.5. The molecule has 0 radical (unpaired) electrons. The molecule has 3 fully saturated rings. The second-order valence-corrected chi connectivity index (χ2v) is 7.86. The molecule has 3 aliphatic rings. The zero-order chi connectivity index (χ0) is 14.0. The van der Waals surface area contributed by atoms with E-state index in [0.29, 0.717) is 6.10 Å². The molecule has 1 nitrogen and oxygen atoms in total. The van der Waals surface area contributed by atoms with E-state index in [1.54, 1.807) is 5.57 Å². The van der Waals surface area contributed by atoms with Gasteiger partial charge in [0.25, 0.3) is 0 Å². The Bertz CT molecular complexity index is 343. The van der Waals surface area contributed by atoms with Crippen LogP contribution in [0.25, 0.3) is 0 Å². The van der Waals surface area contributed by atoms with E-state index in [1.165, 1.54) is 70.6 Å². The van der Waals surface area contributed by atoms with Crippen molar-refractivity contribution in [1.82, 2.24) is 0 Å². The summed E-state index contributed by atoms with van der Waals surface area (Å²) < 4.78 is 6.47. The summed E-state index contributed by atoms with van der Waals surface area (Å²) in [5.74, 6) is 1.67. The lowest BCUT2D eigenvalue weighted by Crippen LogP contribution is -2.27. The van der Waals surface area contributed by atoms with Crippen LogP contribution >= 0.6 is 0 Å². The fourth-order valence-electron chi connectivity index (χ4n) is 4.58. The Labute approximate surface area is 125 Å². The van der Waals surface area contributed by atoms with Gasteiger partial charge in [0.1, 0.15) is 0 Å². The van der Waals surface area contributed by atoms with Gasteiger partial charge in [-0.2, -0.15) is 0 Å². The largest absolute Gasteiger partial charge is 0.367 e. The summed E-state index contributed by atoms with van der Waals surface area (Å²) in [6, 6.07) is 0. The number of hydrogen-bond acceptors (Lipinski definition) is 1. The molecule has 0 bridgehead atoms. The molecule has 1 unspecified atom stereocenters. The molecule has 0 amide bonds. The molecular formula is C19H32O.